The number of hydrogen-bond donors (Lipinski definition) is 1. The molecule has 1 aliphatic rings. The first-order chi connectivity index (χ1) is 6.93. The number of rotatable bonds is 1. The van der Waals surface area contributed by atoms with Crippen LogP contribution in [0, 0.1) is 0 Å². The second kappa shape index (κ2) is 3.13. The molecule has 2 rings (SSSR count). The van der Waals surface area contributed by atoms with E-state index in [2.05, 4.69) is 5.10 Å². The fourth-order valence-electron chi connectivity index (χ4n) is 1.80. The standard InChI is InChI=1S/C10H12F2N2O/c1-14-8(2-7-13-14)9(15)3-5-10(11,12)6-4-9/h2-3,5,7,15H,4,6H2,1H3. The van der Waals surface area contributed by atoms with Crippen LogP contribution in [0.2, 0.25) is 0 Å². The second-order valence-electron chi connectivity index (χ2n) is 3.86. The summed E-state index contributed by atoms with van der Waals surface area (Å²) in [6.07, 6.45) is 3.13. The quantitative estimate of drug-likeness (QED) is 0.721. The molecule has 0 aromatic carbocycles. The van der Waals surface area contributed by atoms with Gasteiger partial charge in [-0.05, 0) is 24.6 Å². The van der Waals surface area contributed by atoms with Crippen molar-refractivity contribution in [3.8, 4) is 0 Å². The van der Waals surface area contributed by atoms with E-state index in [9.17, 15) is 13.9 Å². The number of allylic oxidation sites excluding steroid dienone is 1. The van der Waals surface area contributed by atoms with Crippen LogP contribution in [0.1, 0.15) is 18.5 Å². The fourth-order valence-corrected chi connectivity index (χ4v) is 1.80. The van der Waals surface area contributed by atoms with Gasteiger partial charge in [-0.15, -0.1) is 0 Å². The van der Waals surface area contributed by atoms with Crippen molar-refractivity contribution in [1.29, 1.82) is 0 Å². The largest absolute Gasteiger partial charge is 0.379 e. The zero-order chi connectivity index (χ0) is 11.1. The molecule has 0 amide bonds. The molecule has 15 heavy (non-hydrogen) atoms. The summed E-state index contributed by atoms with van der Waals surface area (Å²) < 4.78 is 27.2. The van der Waals surface area contributed by atoms with Crippen molar-refractivity contribution in [2.75, 3.05) is 0 Å². The fraction of sp³-hybridized carbons (Fsp3) is 0.500. The summed E-state index contributed by atoms with van der Waals surface area (Å²) >= 11 is 0. The summed E-state index contributed by atoms with van der Waals surface area (Å²) in [5.41, 5.74) is -0.776. The molecule has 3 nitrogen and oxygen atoms in total. The van der Waals surface area contributed by atoms with Crippen molar-refractivity contribution in [2.24, 2.45) is 7.05 Å². The maximum absolute atomic E-state index is 12.9. The molecule has 0 bridgehead atoms. The molecule has 0 saturated heterocycles. The van der Waals surface area contributed by atoms with Gasteiger partial charge in [-0.3, -0.25) is 4.68 Å². The number of halogens is 2. The number of alkyl halides is 2. The van der Waals surface area contributed by atoms with E-state index in [1.807, 2.05) is 0 Å². The summed E-state index contributed by atoms with van der Waals surface area (Å²) in [5, 5.41) is 14.1. The Bertz CT molecular complexity index is 400. The third-order valence-electron chi connectivity index (χ3n) is 2.71. The molecule has 5 heteroatoms. The van der Waals surface area contributed by atoms with E-state index in [4.69, 9.17) is 0 Å². The first-order valence-electron chi connectivity index (χ1n) is 4.72. The molecular formula is C10H12F2N2O. The highest BCUT2D eigenvalue weighted by Crippen LogP contribution is 2.38. The SMILES string of the molecule is Cn1nccc1C1(O)C=CC(F)(F)CC1. The second-order valence-corrected chi connectivity index (χ2v) is 3.86. The predicted molar refractivity (Wildman–Crippen MR) is 50.4 cm³/mol. The molecule has 1 N–H and O–H groups in total. The predicted octanol–water partition coefficient (Wildman–Crippen LogP) is 1.59. The van der Waals surface area contributed by atoms with E-state index >= 15 is 0 Å². The van der Waals surface area contributed by atoms with Crippen molar-refractivity contribution in [3.63, 3.8) is 0 Å². The number of aliphatic hydroxyl groups is 1. The third-order valence-corrected chi connectivity index (χ3v) is 2.71. The Morgan fingerprint density at radius 2 is 2.13 bits per heavy atom. The molecule has 0 saturated carbocycles. The van der Waals surface area contributed by atoms with E-state index in [1.54, 1.807) is 13.1 Å². The van der Waals surface area contributed by atoms with Gasteiger partial charge in [-0.1, -0.05) is 0 Å². The normalized spacial score (nSPS) is 29.3. The van der Waals surface area contributed by atoms with Gasteiger partial charge in [0.15, 0.2) is 0 Å². The van der Waals surface area contributed by atoms with E-state index in [0.29, 0.717) is 5.69 Å². The third kappa shape index (κ3) is 1.79. The zero-order valence-corrected chi connectivity index (χ0v) is 8.32. The lowest BCUT2D eigenvalue weighted by molar-refractivity contribution is -0.0168. The summed E-state index contributed by atoms with van der Waals surface area (Å²) in [6.45, 7) is 0. The number of nitrogens with zero attached hydrogens (tertiary/aromatic N) is 2. The highest BCUT2D eigenvalue weighted by atomic mass is 19.3. The lowest BCUT2D eigenvalue weighted by atomic mass is 9.86. The molecule has 0 aliphatic heterocycles. The Balaban J connectivity index is 2.35. The van der Waals surface area contributed by atoms with Gasteiger partial charge in [0.25, 0.3) is 5.92 Å². The molecule has 0 radical (unpaired) electrons. The van der Waals surface area contributed by atoms with Crippen molar-refractivity contribution >= 4 is 0 Å². The van der Waals surface area contributed by atoms with Crippen LogP contribution in [0.5, 0.6) is 0 Å². The zero-order valence-electron chi connectivity index (χ0n) is 8.32. The van der Waals surface area contributed by atoms with Crippen LogP contribution in [0.15, 0.2) is 24.4 Å². The van der Waals surface area contributed by atoms with Crippen molar-refractivity contribution < 1.29 is 13.9 Å². The van der Waals surface area contributed by atoms with Crippen molar-refractivity contribution in [2.45, 2.75) is 24.4 Å². The van der Waals surface area contributed by atoms with Gasteiger partial charge in [0, 0.05) is 19.7 Å². The molecule has 1 unspecified atom stereocenters. The van der Waals surface area contributed by atoms with Crippen LogP contribution < -0.4 is 0 Å². The molecule has 1 aliphatic carbocycles. The van der Waals surface area contributed by atoms with Crippen molar-refractivity contribution in [1.82, 2.24) is 9.78 Å². The number of aryl methyl sites for hydroxylation is 1. The van der Waals surface area contributed by atoms with Crippen LogP contribution in [0.25, 0.3) is 0 Å². The number of hydrogen-bond acceptors (Lipinski definition) is 2. The monoisotopic (exact) mass is 214 g/mol. The molecule has 1 atom stereocenters. The average molecular weight is 214 g/mol. The first-order valence-corrected chi connectivity index (χ1v) is 4.72. The maximum Gasteiger partial charge on any atom is 0.266 e. The maximum atomic E-state index is 12.9. The average Bonchev–Trinajstić information content (AvgIpc) is 2.58. The lowest BCUT2D eigenvalue weighted by Gasteiger charge is -2.30. The molecule has 82 valence electrons. The van der Waals surface area contributed by atoms with Gasteiger partial charge in [0.1, 0.15) is 5.60 Å². The highest BCUT2D eigenvalue weighted by molar-refractivity contribution is 5.23. The van der Waals surface area contributed by atoms with Gasteiger partial charge >= 0.3 is 0 Å². The van der Waals surface area contributed by atoms with Crippen LogP contribution >= 0.6 is 0 Å². The molecular weight excluding hydrogens is 202 g/mol. The van der Waals surface area contributed by atoms with Crippen LogP contribution in [-0.2, 0) is 12.6 Å². The minimum atomic E-state index is -2.80. The molecule has 1 heterocycles. The van der Waals surface area contributed by atoms with Crippen LogP contribution in [0.4, 0.5) is 8.78 Å². The smallest absolute Gasteiger partial charge is 0.266 e. The van der Waals surface area contributed by atoms with E-state index in [-0.39, 0.29) is 12.8 Å². The topological polar surface area (TPSA) is 38.0 Å². The van der Waals surface area contributed by atoms with Gasteiger partial charge in [0.05, 0.1) is 5.69 Å². The van der Waals surface area contributed by atoms with E-state index in [1.165, 1.54) is 10.9 Å². The van der Waals surface area contributed by atoms with Gasteiger partial charge in [-0.25, -0.2) is 8.78 Å². The molecule has 0 fully saturated rings. The number of aromatic nitrogens is 2. The molecule has 1 aromatic heterocycles. The minimum Gasteiger partial charge on any atom is -0.379 e. The molecule has 1 aromatic rings. The summed E-state index contributed by atoms with van der Waals surface area (Å²) in [6, 6.07) is 1.63. The Kier molecular flexibility index (Phi) is 2.15. The highest BCUT2D eigenvalue weighted by Gasteiger charge is 2.39. The Morgan fingerprint density at radius 1 is 1.40 bits per heavy atom. The Morgan fingerprint density at radius 3 is 2.60 bits per heavy atom. The summed E-state index contributed by atoms with van der Waals surface area (Å²) in [4.78, 5) is 0. The van der Waals surface area contributed by atoms with Crippen molar-refractivity contribution in [3.05, 3.63) is 30.1 Å². The summed E-state index contributed by atoms with van der Waals surface area (Å²) in [5.74, 6) is -2.80. The van der Waals surface area contributed by atoms with Gasteiger partial charge in [0.2, 0.25) is 0 Å². The Hall–Kier alpha value is -1.23. The van der Waals surface area contributed by atoms with Gasteiger partial charge in [-0.2, -0.15) is 5.10 Å². The van der Waals surface area contributed by atoms with Gasteiger partial charge < -0.3 is 5.11 Å². The van der Waals surface area contributed by atoms with E-state index < -0.39 is 11.5 Å². The first kappa shape index (κ1) is 10.3. The minimum absolute atomic E-state index is 0.00995. The van der Waals surface area contributed by atoms with E-state index in [0.717, 1.165) is 12.2 Å². The summed E-state index contributed by atoms with van der Waals surface area (Å²) in [7, 11) is 1.67. The Labute approximate surface area is 86.0 Å². The lowest BCUT2D eigenvalue weighted by Crippen LogP contribution is -2.33. The van der Waals surface area contributed by atoms with Crippen LogP contribution in [0.3, 0.4) is 0 Å². The molecule has 0 spiro atoms. The van der Waals surface area contributed by atoms with Crippen LogP contribution in [-0.4, -0.2) is 20.8 Å².